The van der Waals surface area contributed by atoms with Crippen LogP contribution in [0.3, 0.4) is 0 Å². The van der Waals surface area contributed by atoms with Gasteiger partial charge in [0.2, 0.25) is 20.0 Å². The molecule has 25 heavy (non-hydrogen) atoms. The van der Waals surface area contributed by atoms with Crippen molar-refractivity contribution in [2.24, 2.45) is 0 Å². The monoisotopic (exact) mass is 390 g/mol. The minimum atomic E-state index is -3.82. The number of nitrogens with one attached hydrogen (secondary N) is 2. The van der Waals surface area contributed by atoms with Crippen molar-refractivity contribution < 1.29 is 16.8 Å². The predicted molar refractivity (Wildman–Crippen MR) is 103 cm³/mol. The number of hydrogen-bond acceptors (Lipinski definition) is 4. The minimum Gasteiger partial charge on any atom is -0.218 e. The molecule has 2 N–H and O–H groups in total. The summed E-state index contributed by atoms with van der Waals surface area (Å²) in [5, 5.41) is 0. The standard InChI is InChI=1S/C17H30N2O4S2/c1-14-9-8-11-17(6,12-10-14)19-25(22,23)16(4,5)13-15(2,3)24(20,21)18-7/h8-12,18-19H,13H2,1-7H3. The van der Waals surface area contributed by atoms with E-state index in [1.165, 1.54) is 20.9 Å². The molecule has 8 heteroatoms. The van der Waals surface area contributed by atoms with Crippen LogP contribution in [-0.2, 0) is 20.0 Å². The van der Waals surface area contributed by atoms with Crippen LogP contribution < -0.4 is 9.44 Å². The predicted octanol–water partition coefficient (Wildman–Crippen LogP) is 2.23. The Kier molecular flexibility index (Phi) is 6.17. The average molecular weight is 391 g/mol. The fourth-order valence-electron chi connectivity index (χ4n) is 2.80. The molecule has 0 saturated carbocycles. The van der Waals surface area contributed by atoms with Gasteiger partial charge in [-0.25, -0.2) is 26.3 Å². The summed E-state index contributed by atoms with van der Waals surface area (Å²) in [5.74, 6) is 0. The lowest BCUT2D eigenvalue weighted by molar-refractivity contribution is 0.446. The van der Waals surface area contributed by atoms with E-state index in [4.69, 9.17) is 0 Å². The first-order valence-electron chi connectivity index (χ1n) is 8.09. The summed E-state index contributed by atoms with van der Waals surface area (Å²) in [4.78, 5) is 0. The summed E-state index contributed by atoms with van der Waals surface area (Å²) < 4.78 is 52.9. The SMILES string of the molecule is CNS(=O)(=O)C(C)(C)CC(C)(C)S(=O)(=O)NC1(C)C=CC=C(C)C=C1. The molecule has 1 atom stereocenters. The lowest BCUT2D eigenvalue weighted by Crippen LogP contribution is -2.54. The van der Waals surface area contributed by atoms with Crippen molar-refractivity contribution >= 4 is 20.0 Å². The zero-order valence-corrected chi connectivity index (χ0v) is 17.7. The molecule has 144 valence electrons. The van der Waals surface area contributed by atoms with Gasteiger partial charge < -0.3 is 0 Å². The highest BCUT2D eigenvalue weighted by molar-refractivity contribution is 7.91. The van der Waals surface area contributed by atoms with Crippen molar-refractivity contribution in [3.63, 3.8) is 0 Å². The Labute approximate surface area is 152 Å². The summed E-state index contributed by atoms with van der Waals surface area (Å²) in [6, 6.07) is 0. The highest BCUT2D eigenvalue weighted by atomic mass is 32.2. The van der Waals surface area contributed by atoms with Gasteiger partial charge in [0.25, 0.3) is 0 Å². The van der Waals surface area contributed by atoms with E-state index in [0.29, 0.717) is 0 Å². The largest absolute Gasteiger partial charge is 0.218 e. The Hall–Kier alpha value is -0.960. The van der Waals surface area contributed by atoms with Gasteiger partial charge in [-0.15, -0.1) is 0 Å². The Bertz CT molecular complexity index is 804. The average Bonchev–Trinajstić information content (AvgIpc) is 2.58. The van der Waals surface area contributed by atoms with Gasteiger partial charge in [-0.1, -0.05) is 36.0 Å². The van der Waals surface area contributed by atoms with E-state index in [1.807, 2.05) is 19.1 Å². The lowest BCUT2D eigenvalue weighted by atomic mass is 9.99. The van der Waals surface area contributed by atoms with Crippen molar-refractivity contribution in [1.82, 2.24) is 9.44 Å². The molecular formula is C17H30N2O4S2. The molecule has 1 unspecified atom stereocenters. The van der Waals surface area contributed by atoms with Crippen LogP contribution in [0.2, 0.25) is 0 Å². The summed E-state index contributed by atoms with van der Waals surface area (Å²) in [6.07, 6.45) is 9.04. The highest BCUT2D eigenvalue weighted by Gasteiger charge is 2.46. The van der Waals surface area contributed by atoms with Crippen molar-refractivity contribution in [3.05, 3.63) is 36.0 Å². The van der Waals surface area contributed by atoms with Gasteiger partial charge in [0.05, 0.1) is 15.0 Å². The summed E-state index contributed by atoms with van der Waals surface area (Å²) in [6.45, 7) is 9.82. The quantitative estimate of drug-likeness (QED) is 0.697. The third-order valence-electron chi connectivity index (χ3n) is 4.42. The maximum Gasteiger partial charge on any atom is 0.217 e. The van der Waals surface area contributed by atoms with E-state index in [9.17, 15) is 16.8 Å². The Morgan fingerprint density at radius 2 is 1.52 bits per heavy atom. The Balaban J connectivity index is 3.14. The van der Waals surface area contributed by atoms with E-state index in [1.54, 1.807) is 39.0 Å². The maximum absolute atomic E-state index is 13.0. The van der Waals surface area contributed by atoms with Crippen LogP contribution in [0, 0.1) is 0 Å². The van der Waals surface area contributed by atoms with Crippen molar-refractivity contribution in [3.8, 4) is 0 Å². The second-order valence-electron chi connectivity index (χ2n) is 7.90. The molecule has 6 nitrogen and oxygen atoms in total. The van der Waals surface area contributed by atoms with Crippen LogP contribution in [0.1, 0.15) is 48.0 Å². The van der Waals surface area contributed by atoms with E-state index >= 15 is 0 Å². The molecule has 0 amide bonds. The number of rotatable bonds is 7. The van der Waals surface area contributed by atoms with E-state index < -0.39 is 35.1 Å². The fourth-order valence-corrected chi connectivity index (χ4v) is 5.54. The molecule has 1 rings (SSSR count). The lowest BCUT2D eigenvalue weighted by Gasteiger charge is -2.36. The van der Waals surface area contributed by atoms with Crippen molar-refractivity contribution in [1.29, 1.82) is 0 Å². The molecule has 0 bridgehead atoms. The van der Waals surface area contributed by atoms with E-state index in [0.717, 1.165) is 5.57 Å². The first kappa shape index (κ1) is 22.1. The maximum atomic E-state index is 13.0. The fraction of sp³-hybridized carbons (Fsp3) is 0.647. The van der Waals surface area contributed by atoms with Gasteiger partial charge in [0, 0.05) is 0 Å². The zero-order valence-electron chi connectivity index (χ0n) is 16.0. The van der Waals surface area contributed by atoms with Crippen LogP contribution in [0.25, 0.3) is 0 Å². The molecule has 0 spiro atoms. The van der Waals surface area contributed by atoms with Gasteiger partial charge in [0.15, 0.2) is 0 Å². The smallest absolute Gasteiger partial charge is 0.217 e. The Morgan fingerprint density at radius 1 is 1.00 bits per heavy atom. The van der Waals surface area contributed by atoms with Crippen LogP contribution in [0.4, 0.5) is 0 Å². The molecule has 0 saturated heterocycles. The van der Waals surface area contributed by atoms with Crippen LogP contribution in [0.15, 0.2) is 36.0 Å². The molecule has 0 heterocycles. The molecule has 0 aromatic heterocycles. The van der Waals surface area contributed by atoms with Gasteiger partial charge in [-0.2, -0.15) is 0 Å². The van der Waals surface area contributed by atoms with Crippen LogP contribution in [-0.4, -0.2) is 38.9 Å². The molecule has 0 aromatic rings. The van der Waals surface area contributed by atoms with Gasteiger partial charge in [-0.05, 0) is 55.0 Å². The summed E-state index contributed by atoms with van der Waals surface area (Å²) in [5.41, 5.74) is 0.135. The van der Waals surface area contributed by atoms with Gasteiger partial charge in [-0.3, -0.25) is 0 Å². The second-order valence-corrected chi connectivity index (χ2v) is 12.7. The van der Waals surface area contributed by atoms with E-state index in [2.05, 4.69) is 9.44 Å². The first-order valence-corrected chi connectivity index (χ1v) is 11.1. The van der Waals surface area contributed by atoms with Gasteiger partial charge in [0.1, 0.15) is 0 Å². The topological polar surface area (TPSA) is 92.3 Å². The highest BCUT2D eigenvalue weighted by Crippen LogP contribution is 2.33. The van der Waals surface area contributed by atoms with Crippen LogP contribution >= 0.6 is 0 Å². The van der Waals surface area contributed by atoms with Crippen LogP contribution in [0.5, 0.6) is 0 Å². The molecule has 0 fully saturated rings. The van der Waals surface area contributed by atoms with Gasteiger partial charge >= 0.3 is 0 Å². The second kappa shape index (κ2) is 6.98. The summed E-state index contributed by atoms with van der Waals surface area (Å²) >= 11 is 0. The molecule has 1 aliphatic carbocycles. The normalized spacial score (nSPS) is 22.6. The van der Waals surface area contributed by atoms with E-state index in [-0.39, 0.29) is 6.42 Å². The number of hydrogen-bond donors (Lipinski definition) is 2. The third-order valence-corrected chi connectivity index (χ3v) is 8.87. The third kappa shape index (κ3) is 5.03. The minimum absolute atomic E-state index is 0.0563. The molecule has 0 aromatic carbocycles. The first-order chi connectivity index (χ1) is 11.1. The number of sulfonamides is 2. The summed E-state index contributed by atoms with van der Waals surface area (Å²) in [7, 11) is -6.12. The number of allylic oxidation sites excluding steroid dienone is 4. The zero-order chi connectivity index (χ0) is 19.7. The molecule has 0 aliphatic heterocycles. The Morgan fingerprint density at radius 3 is 2.04 bits per heavy atom. The molecule has 0 radical (unpaired) electrons. The molecular weight excluding hydrogens is 360 g/mol. The van der Waals surface area contributed by atoms with Crippen molar-refractivity contribution in [2.75, 3.05) is 7.05 Å². The van der Waals surface area contributed by atoms with Crippen molar-refractivity contribution in [2.45, 2.75) is 63.0 Å². The molecule has 1 aliphatic rings.